The van der Waals surface area contributed by atoms with Crippen molar-refractivity contribution in [3.63, 3.8) is 0 Å². The summed E-state index contributed by atoms with van der Waals surface area (Å²) in [4.78, 5) is 48.4. The predicted molar refractivity (Wildman–Crippen MR) is 171 cm³/mol. The molecule has 1 aromatic carbocycles. The fourth-order valence-electron chi connectivity index (χ4n) is 4.59. The molecule has 0 radical (unpaired) electrons. The van der Waals surface area contributed by atoms with E-state index in [1.165, 1.54) is 6.07 Å². The molecule has 1 saturated heterocycles. The van der Waals surface area contributed by atoms with Gasteiger partial charge >= 0.3 is 5.97 Å². The van der Waals surface area contributed by atoms with Crippen LogP contribution in [0.4, 0.5) is 5.69 Å². The van der Waals surface area contributed by atoms with Crippen LogP contribution < -0.4 is 15.4 Å². The van der Waals surface area contributed by atoms with Gasteiger partial charge in [0.25, 0.3) is 0 Å². The molecule has 1 heterocycles. The smallest absolute Gasteiger partial charge is 0.335 e. The molecule has 1 aromatic rings. The maximum absolute atomic E-state index is 12.8. The van der Waals surface area contributed by atoms with E-state index < -0.39 is 42.6 Å². The fraction of sp³-hybridized carbons (Fsp3) is 0.697. The fourth-order valence-corrected chi connectivity index (χ4v) is 4.59. The number of hydrogen-bond donors (Lipinski definition) is 6. The first-order valence-electron chi connectivity index (χ1n) is 15.9. The lowest BCUT2D eigenvalue weighted by molar-refractivity contribution is -0.271. The molecule has 266 valence electrons. The Morgan fingerprint density at radius 3 is 2.11 bits per heavy atom. The third-order valence-corrected chi connectivity index (χ3v) is 7.16. The van der Waals surface area contributed by atoms with E-state index in [9.17, 15) is 39.6 Å². The highest BCUT2D eigenvalue weighted by Gasteiger charge is 2.48. The summed E-state index contributed by atoms with van der Waals surface area (Å²) in [5.41, 5.74) is 0.610. The number of hydrogen-bond acceptors (Lipinski definition) is 11. The van der Waals surface area contributed by atoms with Crippen molar-refractivity contribution in [2.75, 3.05) is 38.3 Å². The number of carboxylic acid groups (broad SMARTS) is 1. The zero-order valence-corrected chi connectivity index (χ0v) is 28.2. The lowest BCUT2D eigenvalue weighted by Crippen LogP contribution is -2.61. The molecule has 0 bridgehead atoms. The molecular weight excluding hydrogens is 616 g/mol. The Kier molecular flexibility index (Phi) is 15.7. The van der Waals surface area contributed by atoms with Gasteiger partial charge in [0.05, 0.1) is 25.5 Å². The number of carbonyl (C=O) groups is 4. The Balaban J connectivity index is 1.83. The second kappa shape index (κ2) is 18.4. The normalized spacial score (nSPS) is 21.6. The van der Waals surface area contributed by atoms with E-state index in [4.69, 9.17) is 18.9 Å². The molecule has 0 spiro atoms. The van der Waals surface area contributed by atoms with E-state index >= 15 is 0 Å². The van der Waals surface area contributed by atoms with Gasteiger partial charge < -0.3 is 50.0 Å². The molecule has 5 atom stereocenters. The molecule has 0 aromatic heterocycles. The maximum Gasteiger partial charge on any atom is 0.335 e. The Hall–Kier alpha value is -3.14. The highest BCUT2D eigenvalue weighted by Crippen LogP contribution is 2.32. The largest absolute Gasteiger partial charge is 0.479 e. The Morgan fingerprint density at radius 2 is 1.49 bits per heavy atom. The predicted octanol–water partition coefficient (Wildman–Crippen LogP) is 1.81. The zero-order chi connectivity index (χ0) is 35.4. The van der Waals surface area contributed by atoms with E-state index in [-0.39, 0.29) is 53.3 Å². The minimum Gasteiger partial charge on any atom is -0.479 e. The maximum atomic E-state index is 12.8. The minimum absolute atomic E-state index is 0.0422. The first kappa shape index (κ1) is 40.0. The summed E-state index contributed by atoms with van der Waals surface area (Å²) in [6.45, 7) is 13.2. The summed E-state index contributed by atoms with van der Waals surface area (Å²) < 4.78 is 21.8. The van der Waals surface area contributed by atoms with Crippen molar-refractivity contribution < 1.29 is 58.6 Å². The van der Waals surface area contributed by atoms with Crippen molar-refractivity contribution in [1.29, 1.82) is 0 Å². The molecule has 14 nitrogen and oxygen atoms in total. The summed E-state index contributed by atoms with van der Waals surface area (Å²) in [6, 6.07) is 4.96. The lowest BCUT2D eigenvalue weighted by atomic mass is 9.88. The number of aliphatic hydroxyl groups excluding tert-OH is 3. The molecule has 47 heavy (non-hydrogen) atoms. The second-order valence-corrected chi connectivity index (χ2v) is 13.8. The summed E-state index contributed by atoms with van der Waals surface area (Å²) in [5.74, 6) is -2.06. The number of aliphatic carboxylic acids is 1. The average Bonchev–Trinajstić information content (AvgIpc) is 2.96. The van der Waals surface area contributed by atoms with Gasteiger partial charge in [-0.2, -0.15) is 0 Å². The third kappa shape index (κ3) is 14.3. The van der Waals surface area contributed by atoms with Crippen LogP contribution in [0.15, 0.2) is 18.2 Å². The molecule has 2 amide bonds. The van der Waals surface area contributed by atoms with E-state index in [0.717, 1.165) is 5.56 Å². The number of carbonyl (C=O) groups excluding carboxylic acids is 3. The average molecular weight is 669 g/mol. The molecule has 1 aliphatic rings. The van der Waals surface area contributed by atoms with Crippen LogP contribution >= 0.6 is 0 Å². The molecule has 14 heteroatoms. The first-order chi connectivity index (χ1) is 21.9. The summed E-state index contributed by atoms with van der Waals surface area (Å²) in [7, 11) is 0. The van der Waals surface area contributed by atoms with Crippen LogP contribution in [0.2, 0.25) is 0 Å². The molecular formula is C33H52N2O12. The van der Waals surface area contributed by atoms with Gasteiger partial charge in [-0.15, -0.1) is 0 Å². The van der Waals surface area contributed by atoms with Crippen LogP contribution in [0, 0.1) is 10.8 Å². The van der Waals surface area contributed by atoms with Crippen LogP contribution in [0.3, 0.4) is 0 Å². The molecule has 0 unspecified atom stereocenters. The van der Waals surface area contributed by atoms with Crippen LogP contribution in [-0.2, 0) is 39.8 Å². The van der Waals surface area contributed by atoms with Crippen LogP contribution in [0.25, 0.3) is 0 Å². The Morgan fingerprint density at radius 1 is 0.830 bits per heavy atom. The third-order valence-electron chi connectivity index (χ3n) is 7.16. The van der Waals surface area contributed by atoms with Crippen molar-refractivity contribution in [3.8, 4) is 5.75 Å². The number of aliphatic hydroxyl groups is 3. The summed E-state index contributed by atoms with van der Waals surface area (Å²) in [6.07, 6.45) is -7.37. The summed E-state index contributed by atoms with van der Waals surface area (Å²) in [5, 5.41) is 45.3. The van der Waals surface area contributed by atoms with Gasteiger partial charge in [-0.05, 0) is 36.0 Å². The van der Waals surface area contributed by atoms with Gasteiger partial charge in [0.2, 0.25) is 18.1 Å². The van der Waals surface area contributed by atoms with Gasteiger partial charge in [0, 0.05) is 37.8 Å². The molecule has 6 N–H and O–H groups in total. The van der Waals surface area contributed by atoms with Gasteiger partial charge in [0.1, 0.15) is 29.8 Å². The molecule has 2 rings (SSSR count). The monoisotopic (exact) mass is 668 g/mol. The number of carboxylic acids is 1. The standard InChI is InChI=1S/C33H52N2O12/c1-32(2,3)19-20-9-10-22(46-31-28(41)26(39)27(40)29(47-31)30(42)43)21(18-20)35-25(38)11-13-34-24(37)8-7-14-44-16-17-45-15-12-23(36)33(4,5)6/h9-10,18,26-29,31,39-41H,7-8,11-17,19H2,1-6H3,(H,34,37)(H,35,38)(H,42,43)/t26-,27-,28+,29-,31+/m0/s1. The molecule has 1 fully saturated rings. The van der Waals surface area contributed by atoms with E-state index in [2.05, 4.69) is 10.6 Å². The van der Waals surface area contributed by atoms with Crippen molar-refractivity contribution in [2.45, 2.75) is 104 Å². The molecule has 0 aliphatic carbocycles. The Bertz CT molecular complexity index is 1190. The molecule has 0 saturated carbocycles. The topological polar surface area (TPSA) is 210 Å². The number of ether oxygens (including phenoxy) is 4. The SMILES string of the molecule is CC(C)(C)Cc1ccc(O[C@@H]2O[C@H](C(=O)O)[C@@H](O)[C@H](O)[C@H]2O)c(NC(=O)CCNC(=O)CCCOCCOCCC(=O)C(C)(C)C)c1. The lowest BCUT2D eigenvalue weighted by Gasteiger charge is -2.38. The van der Waals surface area contributed by atoms with Crippen molar-refractivity contribution in [1.82, 2.24) is 5.32 Å². The number of nitrogens with one attached hydrogen (secondary N) is 2. The van der Waals surface area contributed by atoms with Gasteiger partial charge in [-0.3, -0.25) is 14.4 Å². The minimum atomic E-state index is -1.87. The number of rotatable bonds is 18. The number of ketones is 1. The number of Topliss-reactive ketones (excluding diaryl/α,β-unsaturated/α-hetero) is 1. The van der Waals surface area contributed by atoms with E-state index in [0.29, 0.717) is 45.7 Å². The number of anilines is 1. The number of amides is 2. The second-order valence-electron chi connectivity index (χ2n) is 13.8. The van der Waals surface area contributed by atoms with Crippen LogP contribution in [0.5, 0.6) is 5.75 Å². The quantitative estimate of drug-likeness (QED) is 0.124. The van der Waals surface area contributed by atoms with Gasteiger partial charge in [0.15, 0.2) is 6.10 Å². The summed E-state index contributed by atoms with van der Waals surface area (Å²) >= 11 is 0. The van der Waals surface area contributed by atoms with Gasteiger partial charge in [-0.25, -0.2) is 4.79 Å². The number of benzene rings is 1. The highest BCUT2D eigenvalue weighted by molar-refractivity contribution is 5.92. The Labute approximate surface area is 276 Å². The van der Waals surface area contributed by atoms with Crippen molar-refractivity contribution in [3.05, 3.63) is 23.8 Å². The molecule has 1 aliphatic heterocycles. The first-order valence-corrected chi connectivity index (χ1v) is 15.9. The van der Waals surface area contributed by atoms with E-state index in [1.54, 1.807) is 12.1 Å². The van der Waals surface area contributed by atoms with Crippen LogP contribution in [-0.4, -0.2) is 108 Å². The zero-order valence-electron chi connectivity index (χ0n) is 28.2. The van der Waals surface area contributed by atoms with Crippen LogP contribution in [0.1, 0.15) is 72.8 Å². The van der Waals surface area contributed by atoms with Gasteiger partial charge in [-0.1, -0.05) is 47.6 Å². The van der Waals surface area contributed by atoms with E-state index in [1.807, 2.05) is 41.5 Å². The van der Waals surface area contributed by atoms with Crippen molar-refractivity contribution >= 4 is 29.3 Å². The van der Waals surface area contributed by atoms with Crippen molar-refractivity contribution in [2.24, 2.45) is 10.8 Å². The highest BCUT2D eigenvalue weighted by atomic mass is 16.7.